The average Bonchev–Trinajstić information content (AvgIpc) is 3.59. The summed E-state index contributed by atoms with van der Waals surface area (Å²) in [5.41, 5.74) is 10.4. The minimum atomic E-state index is 0.826. The molecular formula is C36H24N4. The molecule has 0 fully saturated rings. The van der Waals surface area contributed by atoms with Gasteiger partial charge in [0.1, 0.15) is 0 Å². The molecule has 6 aromatic carbocycles. The number of para-hydroxylation sites is 4. The van der Waals surface area contributed by atoms with E-state index >= 15 is 0 Å². The molecule has 8 aromatic rings. The fraction of sp³-hybridized carbons (Fsp3) is 0. The second-order valence-electron chi connectivity index (χ2n) is 10.0. The van der Waals surface area contributed by atoms with Crippen LogP contribution >= 0.6 is 0 Å². The summed E-state index contributed by atoms with van der Waals surface area (Å²) in [6.07, 6.45) is 0. The van der Waals surface area contributed by atoms with E-state index in [4.69, 9.17) is 10.2 Å². The molecule has 0 aliphatic rings. The third-order valence-electron chi connectivity index (χ3n) is 7.74. The molecule has 0 radical (unpaired) electrons. The van der Waals surface area contributed by atoms with Crippen LogP contribution in [0, 0.1) is 0 Å². The highest BCUT2D eigenvalue weighted by Gasteiger charge is 2.14. The molecule has 2 aromatic heterocycles. The van der Waals surface area contributed by atoms with Gasteiger partial charge in [0.15, 0.2) is 0 Å². The minimum Gasteiger partial charge on any atom is -0.354 e. The highest BCUT2D eigenvalue weighted by atomic mass is 15.1. The molecule has 0 spiro atoms. The van der Waals surface area contributed by atoms with E-state index in [0.717, 1.165) is 55.7 Å². The third-order valence-corrected chi connectivity index (χ3v) is 7.74. The van der Waals surface area contributed by atoms with E-state index in [2.05, 4.69) is 119 Å². The standard InChI is InChI=1S/C36H24N4/c1-5-19-31-23(11-1)27-15-9-17-29(35(27)37-31)25-13-3-7-21-33(25)39-40-34-22-8-4-14-26(34)30-18-10-16-28-24-12-2-6-20-32(24)38-36(28)30/h1-22,37-38H/b40-39+. The van der Waals surface area contributed by atoms with Gasteiger partial charge in [-0.3, -0.25) is 0 Å². The lowest BCUT2D eigenvalue weighted by molar-refractivity contribution is 1.23. The summed E-state index contributed by atoms with van der Waals surface area (Å²) >= 11 is 0. The molecule has 0 atom stereocenters. The lowest BCUT2D eigenvalue weighted by Gasteiger charge is -2.09. The normalized spacial score (nSPS) is 11.9. The number of nitrogens with zero attached hydrogens (tertiary/aromatic N) is 2. The number of benzene rings is 6. The Hall–Kier alpha value is -5.48. The third kappa shape index (κ3) is 3.54. The van der Waals surface area contributed by atoms with Crippen molar-refractivity contribution >= 4 is 55.0 Å². The Morgan fingerprint density at radius 2 is 0.700 bits per heavy atom. The van der Waals surface area contributed by atoms with Crippen LogP contribution in [0.1, 0.15) is 0 Å². The van der Waals surface area contributed by atoms with E-state index in [1.807, 2.05) is 24.3 Å². The topological polar surface area (TPSA) is 56.3 Å². The fourth-order valence-corrected chi connectivity index (χ4v) is 5.88. The number of hydrogen-bond acceptors (Lipinski definition) is 2. The zero-order valence-electron chi connectivity index (χ0n) is 21.6. The molecule has 0 bridgehead atoms. The fourth-order valence-electron chi connectivity index (χ4n) is 5.88. The molecule has 0 aliphatic carbocycles. The molecule has 0 saturated carbocycles. The first-order valence-corrected chi connectivity index (χ1v) is 13.4. The first kappa shape index (κ1) is 22.5. The Bertz CT molecular complexity index is 2070. The summed E-state index contributed by atoms with van der Waals surface area (Å²) in [7, 11) is 0. The van der Waals surface area contributed by atoms with Crippen LogP contribution in [-0.2, 0) is 0 Å². The monoisotopic (exact) mass is 512 g/mol. The van der Waals surface area contributed by atoms with Crippen molar-refractivity contribution in [2.24, 2.45) is 10.2 Å². The summed E-state index contributed by atoms with van der Waals surface area (Å²) in [4.78, 5) is 7.26. The van der Waals surface area contributed by atoms with E-state index < -0.39 is 0 Å². The minimum absolute atomic E-state index is 0.826. The number of azo groups is 1. The van der Waals surface area contributed by atoms with Crippen LogP contribution in [0.4, 0.5) is 11.4 Å². The zero-order chi connectivity index (χ0) is 26.5. The van der Waals surface area contributed by atoms with Gasteiger partial charge in [-0.15, -0.1) is 10.2 Å². The summed E-state index contributed by atoms with van der Waals surface area (Å²) in [6.45, 7) is 0. The van der Waals surface area contributed by atoms with Crippen molar-refractivity contribution < 1.29 is 0 Å². The first-order valence-electron chi connectivity index (χ1n) is 13.4. The van der Waals surface area contributed by atoms with E-state index in [0.29, 0.717) is 0 Å². The number of aromatic nitrogens is 2. The second kappa shape index (κ2) is 9.07. The van der Waals surface area contributed by atoms with Crippen LogP contribution in [0.5, 0.6) is 0 Å². The number of H-pyrrole nitrogens is 2. The molecule has 40 heavy (non-hydrogen) atoms. The molecule has 2 heterocycles. The molecule has 0 aliphatic heterocycles. The van der Waals surface area contributed by atoms with E-state index in [1.165, 1.54) is 21.5 Å². The molecule has 0 unspecified atom stereocenters. The van der Waals surface area contributed by atoms with Crippen LogP contribution in [0.2, 0.25) is 0 Å². The Morgan fingerprint density at radius 3 is 1.20 bits per heavy atom. The molecule has 0 amide bonds. The van der Waals surface area contributed by atoms with Crippen LogP contribution < -0.4 is 0 Å². The lowest BCUT2D eigenvalue weighted by Crippen LogP contribution is -1.83. The van der Waals surface area contributed by atoms with Crippen molar-refractivity contribution in [1.29, 1.82) is 0 Å². The van der Waals surface area contributed by atoms with Gasteiger partial charge in [-0.1, -0.05) is 109 Å². The molecule has 0 saturated heterocycles. The van der Waals surface area contributed by atoms with Crippen molar-refractivity contribution in [3.8, 4) is 22.3 Å². The van der Waals surface area contributed by atoms with Crippen molar-refractivity contribution in [3.05, 3.63) is 133 Å². The Morgan fingerprint density at radius 1 is 0.325 bits per heavy atom. The summed E-state index contributed by atoms with van der Waals surface area (Å²) in [5, 5.41) is 14.5. The number of rotatable bonds is 4. The second-order valence-corrected chi connectivity index (χ2v) is 10.0. The maximum Gasteiger partial charge on any atom is 0.0936 e. The molecular weight excluding hydrogens is 488 g/mol. The van der Waals surface area contributed by atoms with Gasteiger partial charge in [-0.05, 0) is 24.3 Å². The molecule has 4 heteroatoms. The van der Waals surface area contributed by atoms with Gasteiger partial charge in [0, 0.05) is 54.8 Å². The van der Waals surface area contributed by atoms with Crippen molar-refractivity contribution in [1.82, 2.24) is 9.97 Å². The van der Waals surface area contributed by atoms with Crippen LogP contribution in [0.25, 0.3) is 65.9 Å². The Balaban J connectivity index is 1.26. The van der Waals surface area contributed by atoms with Crippen molar-refractivity contribution in [2.45, 2.75) is 0 Å². The predicted molar refractivity (Wildman–Crippen MR) is 167 cm³/mol. The molecule has 188 valence electrons. The lowest BCUT2D eigenvalue weighted by atomic mass is 10.0. The summed E-state index contributed by atoms with van der Waals surface area (Å²) < 4.78 is 0. The molecule has 2 N–H and O–H groups in total. The van der Waals surface area contributed by atoms with Crippen molar-refractivity contribution in [3.63, 3.8) is 0 Å². The average molecular weight is 513 g/mol. The van der Waals surface area contributed by atoms with Crippen LogP contribution in [0.15, 0.2) is 144 Å². The summed E-state index contributed by atoms with van der Waals surface area (Å²) in [6, 6.07) is 46.1. The smallest absolute Gasteiger partial charge is 0.0936 e. The van der Waals surface area contributed by atoms with Gasteiger partial charge in [0.25, 0.3) is 0 Å². The quantitative estimate of drug-likeness (QED) is 0.220. The largest absolute Gasteiger partial charge is 0.354 e. The number of aromatic amines is 2. The Kier molecular flexibility index (Phi) is 5.10. The molecule has 4 nitrogen and oxygen atoms in total. The van der Waals surface area contributed by atoms with Crippen molar-refractivity contribution in [2.75, 3.05) is 0 Å². The van der Waals surface area contributed by atoms with E-state index in [1.54, 1.807) is 0 Å². The predicted octanol–water partition coefficient (Wildman–Crippen LogP) is 10.7. The SMILES string of the molecule is c1ccc(-c2cccc3c2[nH]c2ccccc23)c(/N=N/c2ccccc2-c2cccc3c2[nH]c2ccccc23)c1. The first-order chi connectivity index (χ1) is 19.8. The maximum atomic E-state index is 4.82. The van der Waals surface area contributed by atoms with Gasteiger partial charge in [0.2, 0.25) is 0 Å². The zero-order valence-corrected chi connectivity index (χ0v) is 21.6. The highest BCUT2D eigenvalue weighted by molar-refractivity contribution is 6.13. The number of fused-ring (bicyclic) bond motifs is 6. The van der Waals surface area contributed by atoms with E-state index in [9.17, 15) is 0 Å². The highest BCUT2D eigenvalue weighted by Crippen LogP contribution is 2.40. The number of nitrogens with one attached hydrogen (secondary N) is 2. The molecule has 8 rings (SSSR count). The van der Waals surface area contributed by atoms with Gasteiger partial charge in [0.05, 0.1) is 22.4 Å². The van der Waals surface area contributed by atoms with Gasteiger partial charge >= 0.3 is 0 Å². The van der Waals surface area contributed by atoms with Gasteiger partial charge in [-0.25, -0.2) is 0 Å². The Labute approximate surface area is 230 Å². The van der Waals surface area contributed by atoms with Gasteiger partial charge < -0.3 is 9.97 Å². The number of hydrogen-bond donors (Lipinski definition) is 2. The van der Waals surface area contributed by atoms with Gasteiger partial charge in [-0.2, -0.15) is 0 Å². The van der Waals surface area contributed by atoms with E-state index in [-0.39, 0.29) is 0 Å². The van der Waals surface area contributed by atoms with Crippen LogP contribution in [0.3, 0.4) is 0 Å². The summed E-state index contributed by atoms with van der Waals surface area (Å²) in [5.74, 6) is 0. The van der Waals surface area contributed by atoms with Crippen LogP contribution in [-0.4, -0.2) is 9.97 Å². The maximum absolute atomic E-state index is 4.82.